The van der Waals surface area contributed by atoms with E-state index in [2.05, 4.69) is 5.43 Å². The van der Waals surface area contributed by atoms with Crippen LogP contribution < -0.4 is 10.2 Å². The van der Waals surface area contributed by atoms with E-state index >= 15 is 4.79 Å². The van der Waals surface area contributed by atoms with Crippen molar-refractivity contribution in [3.8, 4) is 11.5 Å². The zero-order valence-corrected chi connectivity index (χ0v) is 27.5. The maximum absolute atomic E-state index is 15.3. The third kappa shape index (κ3) is 4.37. The van der Waals surface area contributed by atoms with E-state index in [0.29, 0.717) is 32.9 Å². The first-order chi connectivity index (χ1) is 23.6. The summed E-state index contributed by atoms with van der Waals surface area (Å²) in [5.41, 5.74) is 3.11. The van der Waals surface area contributed by atoms with Crippen molar-refractivity contribution in [3.63, 3.8) is 0 Å². The lowest BCUT2D eigenvalue weighted by Gasteiger charge is -2.50. The zero-order chi connectivity index (χ0) is 34.4. The van der Waals surface area contributed by atoms with Crippen LogP contribution in [-0.4, -0.2) is 51.1 Å². The van der Waals surface area contributed by atoms with Gasteiger partial charge in [-0.1, -0.05) is 83.4 Å². The second kappa shape index (κ2) is 11.3. The monoisotopic (exact) mass is 697 g/mol. The lowest BCUT2D eigenvalue weighted by atomic mass is 9.49. The van der Waals surface area contributed by atoms with Gasteiger partial charge in [-0.15, -0.1) is 0 Å². The molecule has 10 nitrogen and oxygen atoms in total. The number of allylic oxidation sites excluding steroid dienone is 2. The molecule has 4 aromatic rings. The SMILES string of the molecule is COc1ccc(C23C(=O)N(Nc4ccc(Cl)cc4Cl)C(=O)C2CC2C(=CCC4C(=O)N(O)C(=O)C42)C3c2ccc3ccccc3c2O)cc1. The van der Waals surface area contributed by atoms with Crippen LogP contribution in [0.4, 0.5) is 5.69 Å². The van der Waals surface area contributed by atoms with E-state index in [1.165, 1.54) is 13.2 Å². The molecule has 6 unspecified atom stereocenters. The molecular weight excluding hydrogens is 669 g/mol. The number of carbonyl (C=O) groups is 4. The first-order valence-corrected chi connectivity index (χ1v) is 16.5. The van der Waals surface area contributed by atoms with Gasteiger partial charge in [-0.05, 0) is 60.0 Å². The Morgan fingerprint density at radius 2 is 1.65 bits per heavy atom. The summed E-state index contributed by atoms with van der Waals surface area (Å²) in [6.07, 6.45) is 2.01. The topological polar surface area (TPSA) is 136 Å². The van der Waals surface area contributed by atoms with E-state index in [1.807, 2.05) is 24.3 Å². The number of hydrogen-bond donors (Lipinski definition) is 3. The Labute approximate surface area is 290 Å². The number of amides is 4. The number of nitrogens with one attached hydrogen (secondary N) is 1. The quantitative estimate of drug-likeness (QED) is 0.127. The zero-order valence-electron chi connectivity index (χ0n) is 26.0. The molecule has 4 amide bonds. The average Bonchev–Trinajstić information content (AvgIpc) is 3.46. The Kier molecular flexibility index (Phi) is 7.26. The molecule has 2 heterocycles. The Balaban J connectivity index is 1.40. The number of anilines is 1. The van der Waals surface area contributed by atoms with E-state index in [-0.39, 0.29) is 34.4 Å². The standard InChI is InChI=1S/C37H29Cl2N3O7/c1-49-21-10-7-19(8-11-21)37-27(34(45)41(36(37)47)40-29-15-9-20(38)16-28(29)39)17-26-23(13-14-24-30(26)35(46)42(48)33(24)44)31(37)25-12-6-18-4-2-3-5-22(18)32(25)43/h2-13,15-16,24,26-27,30-31,40,43,48H,14,17H2,1H3. The lowest BCUT2D eigenvalue weighted by Crippen LogP contribution is -2.53. The van der Waals surface area contributed by atoms with E-state index in [1.54, 1.807) is 54.6 Å². The molecule has 2 saturated heterocycles. The molecule has 0 radical (unpaired) electrons. The van der Waals surface area contributed by atoms with Crippen molar-refractivity contribution in [2.24, 2.45) is 23.7 Å². The predicted molar refractivity (Wildman–Crippen MR) is 180 cm³/mol. The molecule has 2 aliphatic heterocycles. The van der Waals surface area contributed by atoms with Crippen LogP contribution in [0.3, 0.4) is 0 Å². The second-order valence-electron chi connectivity index (χ2n) is 12.9. The number of ether oxygens (including phenoxy) is 1. The highest BCUT2D eigenvalue weighted by atomic mass is 35.5. The van der Waals surface area contributed by atoms with Crippen LogP contribution in [0.5, 0.6) is 11.5 Å². The van der Waals surface area contributed by atoms with Crippen molar-refractivity contribution in [2.75, 3.05) is 12.5 Å². The fourth-order valence-electron chi connectivity index (χ4n) is 8.68. The number of rotatable bonds is 5. The lowest BCUT2D eigenvalue weighted by molar-refractivity contribution is -0.173. The Bertz CT molecular complexity index is 2140. The molecular formula is C37H29Cl2N3O7. The summed E-state index contributed by atoms with van der Waals surface area (Å²) < 4.78 is 5.43. The number of imide groups is 2. The number of halogens is 2. The minimum Gasteiger partial charge on any atom is -0.507 e. The van der Waals surface area contributed by atoms with E-state index < -0.39 is 58.6 Å². The Morgan fingerprint density at radius 3 is 2.39 bits per heavy atom. The van der Waals surface area contributed by atoms with Gasteiger partial charge in [0.25, 0.3) is 23.6 Å². The summed E-state index contributed by atoms with van der Waals surface area (Å²) in [4.78, 5) is 56.5. The number of hydrazine groups is 1. The highest BCUT2D eigenvalue weighted by molar-refractivity contribution is 6.36. The van der Waals surface area contributed by atoms with Crippen molar-refractivity contribution in [1.29, 1.82) is 0 Å². The van der Waals surface area contributed by atoms with Gasteiger partial charge in [-0.25, -0.2) is 0 Å². The second-order valence-corrected chi connectivity index (χ2v) is 13.8. The van der Waals surface area contributed by atoms with Crippen molar-refractivity contribution < 1.29 is 34.2 Å². The number of carbonyl (C=O) groups excluding carboxylic acids is 4. The maximum atomic E-state index is 15.3. The molecule has 8 rings (SSSR count). The van der Waals surface area contributed by atoms with Gasteiger partial charge in [0.2, 0.25) is 0 Å². The first kappa shape index (κ1) is 31.4. The van der Waals surface area contributed by atoms with Gasteiger partial charge in [0.15, 0.2) is 0 Å². The molecule has 3 N–H and O–H groups in total. The molecule has 2 aliphatic carbocycles. The number of aromatic hydroxyl groups is 1. The number of nitrogens with zero attached hydrogens (tertiary/aromatic N) is 2. The van der Waals surface area contributed by atoms with Gasteiger partial charge in [0.1, 0.15) is 11.5 Å². The minimum atomic E-state index is -1.63. The van der Waals surface area contributed by atoms with Crippen LogP contribution in [0.2, 0.25) is 10.0 Å². The van der Waals surface area contributed by atoms with Crippen LogP contribution >= 0.6 is 23.2 Å². The van der Waals surface area contributed by atoms with E-state index in [9.17, 15) is 24.7 Å². The summed E-state index contributed by atoms with van der Waals surface area (Å²) in [6.45, 7) is 0. The van der Waals surface area contributed by atoms with Crippen molar-refractivity contribution in [1.82, 2.24) is 10.1 Å². The third-order valence-electron chi connectivity index (χ3n) is 10.8. The summed E-state index contributed by atoms with van der Waals surface area (Å²) in [5.74, 6) is -6.64. The average molecular weight is 699 g/mol. The van der Waals surface area contributed by atoms with Gasteiger partial charge in [-0.2, -0.15) is 10.1 Å². The van der Waals surface area contributed by atoms with Crippen molar-refractivity contribution >= 4 is 63.3 Å². The highest BCUT2D eigenvalue weighted by Crippen LogP contribution is 2.65. The van der Waals surface area contributed by atoms with Crippen LogP contribution in [0.15, 0.2) is 90.5 Å². The smallest absolute Gasteiger partial charge is 0.260 e. The van der Waals surface area contributed by atoms with E-state index in [4.69, 9.17) is 27.9 Å². The fourth-order valence-corrected chi connectivity index (χ4v) is 9.13. The van der Waals surface area contributed by atoms with Crippen LogP contribution in [0.25, 0.3) is 10.8 Å². The molecule has 4 aromatic carbocycles. The molecule has 0 bridgehead atoms. The van der Waals surface area contributed by atoms with Gasteiger partial charge in [0, 0.05) is 21.9 Å². The molecule has 248 valence electrons. The Hall–Kier alpha value is -4.90. The van der Waals surface area contributed by atoms with Gasteiger partial charge < -0.3 is 9.84 Å². The predicted octanol–water partition coefficient (Wildman–Crippen LogP) is 6.23. The van der Waals surface area contributed by atoms with Gasteiger partial charge in [0.05, 0.1) is 41.0 Å². The molecule has 1 saturated carbocycles. The molecule has 0 spiro atoms. The number of hydroxylamine groups is 2. The summed E-state index contributed by atoms with van der Waals surface area (Å²) >= 11 is 12.6. The Morgan fingerprint density at radius 1 is 0.898 bits per heavy atom. The fraction of sp³-hybridized carbons (Fsp3) is 0.243. The normalized spacial score (nSPS) is 27.6. The number of fused-ring (bicyclic) bond motifs is 5. The highest BCUT2D eigenvalue weighted by Gasteiger charge is 2.70. The number of hydrogen-bond acceptors (Lipinski definition) is 8. The molecule has 0 aromatic heterocycles. The van der Waals surface area contributed by atoms with Crippen LogP contribution in [0, 0.1) is 23.7 Å². The summed E-state index contributed by atoms with van der Waals surface area (Å²) in [5, 5.41) is 25.5. The number of methoxy groups -OCH3 is 1. The molecule has 3 fully saturated rings. The van der Waals surface area contributed by atoms with Crippen molar-refractivity contribution in [2.45, 2.75) is 24.2 Å². The van der Waals surface area contributed by atoms with Crippen molar-refractivity contribution in [3.05, 3.63) is 112 Å². The summed E-state index contributed by atoms with van der Waals surface area (Å²) in [6, 6.07) is 22.4. The molecule has 6 atom stereocenters. The van der Waals surface area contributed by atoms with Gasteiger partial charge >= 0.3 is 0 Å². The van der Waals surface area contributed by atoms with E-state index in [0.717, 1.165) is 10.4 Å². The maximum Gasteiger partial charge on any atom is 0.260 e. The van der Waals surface area contributed by atoms with Crippen LogP contribution in [-0.2, 0) is 24.6 Å². The first-order valence-electron chi connectivity index (χ1n) is 15.8. The third-order valence-corrected chi connectivity index (χ3v) is 11.3. The number of phenols is 1. The van der Waals surface area contributed by atoms with Gasteiger partial charge in [-0.3, -0.25) is 29.8 Å². The molecule has 12 heteroatoms. The number of phenolic OH excluding ortho intramolecular Hbond substituents is 1. The molecule has 4 aliphatic rings. The number of benzene rings is 4. The largest absolute Gasteiger partial charge is 0.507 e. The summed E-state index contributed by atoms with van der Waals surface area (Å²) in [7, 11) is 1.52. The minimum absolute atomic E-state index is 0.0217. The van der Waals surface area contributed by atoms with Crippen LogP contribution in [0.1, 0.15) is 29.9 Å². The molecule has 49 heavy (non-hydrogen) atoms.